The third-order valence-corrected chi connectivity index (χ3v) is 3.51. The van der Waals surface area contributed by atoms with Crippen molar-refractivity contribution in [1.82, 2.24) is 10.6 Å². The van der Waals surface area contributed by atoms with E-state index in [1.165, 1.54) is 12.8 Å². The van der Waals surface area contributed by atoms with E-state index in [-0.39, 0.29) is 24.0 Å². The summed E-state index contributed by atoms with van der Waals surface area (Å²) in [5.41, 5.74) is 0. The molecule has 1 aliphatic heterocycles. The quantitative estimate of drug-likeness (QED) is 0.298. The smallest absolute Gasteiger partial charge is 0.191 e. The standard InChI is InChI=1S/C14H27N3O2.HI/c1-18-9-3-2-8-15-14(16-12-4-5-12)17-13-6-10-19-11-7-13;/h12-13H,2-11H2,1H3,(H2,15,16,17);1H. The number of aliphatic imine (C=N–C) groups is 1. The number of methoxy groups -OCH3 is 1. The Kier molecular flexibility index (Phi) is 9.54. The number of halogens is 1. The first-order chi connectivity index (χ1) is 9.38. The molecule has 1 saturated carbocycles. The first-order valence-corrected chi connectivity index (χ1v) is 7.52. The van der Waals surface area contributed by atoms with Gasteiger partial charge in [0.1, 0.15) is 0 Å². The van der Waals surface area contributed by atoms with Gasteiger partial charge in [-0.05, 0) is 38.5 Å². The molecule has 20 heavy (non-hydrogen) atoms. The number of ether oxygens (including phenoxy) is 2. The lowest BCUT2D eigenvalue weighted by atomic mass is 10.1. The molecule has 0 amide bonds. The number of rotatable bonds is 7. The molecule has 1 heterocycles. The zero-order valence-electron chi connectivity index (χ0n) is 12.4. The molecule has 0 radical (unpaired) electrons. The Hall–Kier alpha value is -0.0800. The van der Waals surface area contributed by atoms with E-state index in [9.17, 15) is 0 Å². The van der Waals surface area contributed by atoms with Gasteiger partial charge in [-0.3, -0.25) is 4.99 Å². The molecule has 0 atom stereocenters. The number of hydrogen-bond donors (Lipinski definition) is 2. The Morgan fingerprint density at radius 1 is 1.10 bits per heavy atom. The van der Waals surface area contributed by atoms with Crippen LogP contribution in [0.15, 0.2) is 4.99 Å². The number of nitrogens with zero attached hydrogens (tertiary/aromatic N) is 1. The molecule has 0 unspecified atom stereocenters. The maximum absolute atomic E-state index is 5.39. The van der Waals surface area contributed by atoms with Crippen LogP contribution < -0.4 is 10.6 Å². The summed E-state index contributed by atoms with van der Waals surface area (Å²) in [5, 5.41) is 7.04. The van der Waals surface area contributed by atoms with Crippen molar-refractivity contribution in [2.45, 2.75) is 50.6 Å². The van der Waals surface area contributed by atoms with Gasteiger partial charge in [-0.1, -0.05) is 0 Å². The Morgan fingerprint density at radius 2 is 1.75 bits per heavy atom. The third-order valence-electron chi connectivity index (χ3n) is 3.51. The largest absolute Gasteiger partial charge is 0.385 e. The van der Waals surface area contributed by atoms with Crippen LogP contribution in [-0.2, 0) is 9.47 Å². The van der Waals surface area contributed by atoms with Gasteiger partial charge in [0.25, 0.3) is 0 Å². The van der Waals surface area contributed by atoms with Gasteiger partial charge in [0, 0.05) is 45.6 Å². The molecule has 2 fully saturated rings. The van der Waals surface area contributed by atoms with Crippen molar-refractivity contribution in [3.8, 4) is 0 Å². The van der Waals surface area contributed by atoms with E-state index in [2.05, 4.69) is 15.6 Å². The predicted octanol–water partition coefficient (Wildman–Crippen LogP) is 1.91. The third kappa shape index (κ3) is 7.64. The van der Waals surface area contributed by atoms with E-state index in [1.54, 1.807) is 7.11 Å². The summed E-state index contributed by atoms with van der Waals surface area (Å²) >= 11 is 0. The fourth-order valence-electron chi connectivity index (χ4n) is 2.14. The van der Waals surface area contributed by atoms with Crippen LogP contribution in [0.5, 0.6) is 0 Å². The van der Waals surface area contributed by atoms with Gasteiger partial charge in [-0.2, -0.15) is 0 Å². The van der Waals surface area contributed by atoms with Crippen LogP contribution in [0.2, 0.25) is 0 Å². The zero-order valence-corrected chi connectivity index (χ0v) is 14.7. The van der Waals surface area contributed by atoms with Crippen LogP contribution >= 0.6 is 24.0 Å². The van der Waals surface area contributed by atoms with Gasteiger partial charge in [-0.15, -0.1) is 24.0 Å². The first-order valence-electron chi connectivity index (χ1n) is 7.52. The molecule has 6 heteroatoms. The summed E-state index contributed by atoms with van der Waals surface area (Å²) < 4.78 is 10.4. The highest BCUT2D eigenvalue weighted by Crippen LogP contribution is 2.18. The van der Waals surface area contributed by atoms with Crippen molar-refractivity contribution in [2.75, 3.05) is 33.5 Å². The summed E-state index contributed by atoms with van der Waals surface area (Å²) in [7, 11) is 1.75. The molecule has 5 nitrogen and oxygen atoms in total. The molecular formula is C14H28IN3O2. The Bertz CT molecular complexity index is 280. The average molecular weight is 397 g/mol. The number of hydrogen-bond acceptors (Lipinski definition) is 3. The van der Waals surface area contributed by atoms with E-state index in [0.29, 0.717) is 12.1 Å². The first kappa shape index (κ1) is 18.0. The van der Waals surface area contributed by atoms with Crippen molar-refractivity contribution in [3.05, 3.63) is 0 Å². The van der Waals surface area contributed by atoms with Crippen molar-refractivity contribution in [2.24, 2.45) is 4.99 Å². The molecule has 1 aliphatic carbocycles. The Morgan fingerprint density at radius 3 is 2.35 bits per heavy atom. The number of unbranched alkanes of at least 4 members (excludes halogenated alkanes) is 1. The van der Waals surface area contributed by atoms with Crippen LogP contribution in [-0.4, -0.2) is 51.5 Å². The van der Waals surface area contributed by atoms with Crippen LogP contribution in [0.25, 0.3) is 0 Å². The second-order valence-electron chi connectivity index (χ2n) is 5.38. The highest BCUT2D eigenvalue weighted by Gasteiger charge is 2.23. The Balaban J connectivity index is 0.00000200. The van der Waals surface area contributed by atoms with Crippen molar-refractivity contribution in [1.29, 1.82) is 0 Å². The van der Waals surface area contributed by atoms with E-state index in [0.717, 1.165) is 58.0 Å². The molecule has 0 bridgehead atoms. The molecule has 2 aliphatic rings. The van der Waals surface area contributed by atoms with Crippen molar-refractivity contribution in [3.63, 3.8) is 0 Å². The van der Waals surface area contributed by atoms with Gasteiger partial charge < -0.3 is 20.1 Å². The molecule has 0 aromatic heterocycles. The normalized spacial score (nSPS) is 20.4. The minimum absolute atomic E-state index is 0. The molecule has 0 aromatic carbocycles. The van der Waals surface area contributed by atoms with E-state index >= 15 is 0 Å². The molecule has 1 saturated heterocycles. The second-order valence-corrected chi connectivity index (χ2v) is 5.38. The predicted molar refractivity (Wildman–Crippen MR) is 92.0 cm³/mol. The van der Waals surface area contributed by atoms with Crippen LogP contribution in [0.3, 0.4) is 0 Å². The highest BCUT2D eigenvalue weighted by atomic mass is 127. The number of nitrogens with one attached hydrogen (secondary N) is 2. The number of guanidine groups is 1. The topological polar surface area (TPSA) is 54.9 Å². The van der Waals surface area contributed by atoms with E-state index < -0.39 is 0 Å². The van der Waals surface area contributed by atoms with Crippen LogP contribution in [0, 0.1) is 0 Å². The molecule has 0 aromatic rings. The summed E-state index contributed by atoms with van der Waals surface area (Å²) in [6.07, 6.45) is 6.87. The lowest BCUT2D eigenvalue weighted by molar-refractivity contribution is 0.0822. The van der Waals surface area contributed by atoms with Gasteiger partial charge >= 0.3 is 0 Å². The molecule has 2 N–H and O–H groups in total. The van der Waals surface area contributed by atoms with Crippen LogP contribution in [0.4, 0.5) is 0 Å². The monoisotopic (exact) mass is 397 g/mol. The second kappa shape index (κ2) is 10.6. The summed E-state index contributed by atoms with van der Waals surface area (Å²) in [5.74, 6) is 0.992. The molecule has 0 spiro atoms. The summed E-state index contributed by atoms with van der Waals surface area (Å²) in [6, 6.07) is 1.16. The lowest BCUT2D eigenvalue weighted by Gasteiger charge is -2.25. The van der Waals surface area contributed by atoms with Gasteiger partial charge in [0.05, 0.1) is 0 Å². The zero-order chi connectivity index (χ0) is 13.3. The maximum atomic E-state index is 5.39. The minimum Gasteiger partial charge on any atom is -0.385 e. The van der Waals surface area contributed by atoms with Gasteiger partial charge in [0.15, 0.2) is 5.96 Å². The molecule has 118 valence electrons. The molecular weight excluding hydrogens is 369 g/mol. The minimum atomic E-state index is 0. The van der Waals surface area contributed by atoms with Crippen molar-refractivity contribution >= 4 is 29.9 Å². The van der Waals surface area contributed by atoms with Gasteiger partial charge in [-0.25, -0.2) is 0 Å². The molecule has 2 rings (SSSR count). The maximum Gasteiger partial charge on any atom is 0.191 e. The van der Waals surface area contributed by atoms with Crippen molar-refractivity contribution < 1.29 is 9.47 Å². The van der Waals surface area contributed by atoms with Crippen LogP contribution in [0.1, 0.15) is 38.5 Å². The fraction of sp³-hybridized carbons (Fsp3) is 0.929. The SMILES string of the molecule is COCCCCN=C(NC1CCOCC1)NC1CC1.I. The summed E-state index contributed by atoms with van der Waals surface area (Å²) in [6.45, 7) is 3.42. The van der Waals surface area contributed by atoms with E-state index in [4.69, 9.17) is 9.47 Å². The summed E-state index contributed by atoms with van der Waals surface area (Å²) in [4.78, 5) is 4.67. The fourth-order valence-corrected chi connectivity index (χ4v) is 2.14. The highest BCUT2D eigenvalue weighted by molar-refractivity contribution is 14.0. The average Bonchev–Trinajstić information content (AvgIpc) is 3.23. The van der Waals surface area contributed by atoms with Gasteiger partial charge in [0.2, 0.25) is 0 Å². The Labute approximate surface area is 139 Å². The van der Waals surface area contributed by atoms with E-state index in [1.807, 2.05) is 0 Å². The lowest BCUT2D eigenvalue weighted by Crippen LogP contribution is -2.46.